The van der Waals surface area contributed by atoms with Gasteiger partial charge in [-0.15, -0.1) is 0 Å². The van der Waals surface area contributed by atoms with Crippen LogP contribution in [-0.4, -0.2) is 91.9 Å². The van der Waals surface area contributed by atoms with Crippen LogP contribution < -0.4 is 10.2 Å². The number of morpholine rings is 1. The monoisotopic (exact) mass is 661 g/mol. The predicted octanol–water partition coefficient (Wildman–Crippen LogP) is 6.06. The van der Waals surface area contributed by atoms with Gasteiger partial charge in [-0.25, -0.2) is 0 Å². The summed E-state index contributed by atoms with van der Waals surface area (Å²) in [5, 5.41) is 3.31. The second-order valence-corrected chi connectivity index (χ2v) is 12.3. The number of benzene rings is 3. The molecule has 3 heterocycles. The van der Waals surface area contributed by atoms with E-state index in [2.05, 4.69) is 20.1 Å². The molecule has 2 N–H and O–H groups in total. The van der Waals surface area contributed by atoms with Crippen molar-refractivity contribution in [3.8, 4) is 0 Å². The lowest BCUT2D eigenvalue weighted by molar-refractivity contribution is -0.137. The zero-order valence-corrected chi connectivity index (χ0v) is 26.7. The highest BCUT2D eigenvalue weighted by molar-refractivity contribution is 6.16. The zero-order chi connectivity index (χ0) is 33.8. The third-order valence-electron chi connectivity index (χ3n) is 8.99. The summed E-state index contributed by atoms with van der Waals surface area (Å²) in [5.74, 6) is -1.20. The molecule has 0 unspecified atom stereocenters. The number of carbonyl (C=O) groups is 3. The van der Waals surface area contributed by atoms with E-state index in [-0.39, 0.29) is 33.9 Å². The van der Waals surface area contributed by atoms with Gasteiger partial charge in [-0.3, -0.25) is 19.3 Å². The maximum absolute atomic E-state index is 14.0. The Balaban J connectivity index is 1.24. The first-order valence-corrected chi connectivity index (χ1v) is 16.2. The van der Waals surface area contributed by atoms with E-state index >= 15 is 0 Å². The van der Waals surface area contributed by atoms with Gasteiger partial charge in [0.2, 0.25) is 5.78 Å². The number of carbonyl (C=O) groups excluding carboxylic acids is 3. The molecule has 252 valence electrons. The quantitative estimate of drug-likeness (QED) is 0.212. The van der Waals surface area contributed by atoms with Crippen molar-refractivity contribution in [3.63, 3.8) is 0 Å². The Morgan fingerprint density at radius 1 is 0.896 bits per heavy atom. The van der Waals surface area contributed by atoms with Crippen LogP contribution >= 0.6 is 0 Å². The Hall–Kier alpha value is -4.68. The minimum atomic E-state index is -4.52. The third kappa shape index (κ3) is 7.55. The summed E-state index contributed by atoms with van der Waals surface area (Å²) in [6.45, 7) is 5.88. The summed E-state index contributed by atoms with van der Waals surface area (Å²) in [4.78, 5) is 49.7. The Bertz CT molecular complexity index is 1810. The maximum atomic E-state index is 14.0. The number of alkyl halides is 3. The number of likely N-dealkylation sites (N-methyl/N-ethyl adjacent to an activating group) is 1. The van der Waals surface area contributed by atoms with Crippen molar-refractivity contribution in [1.82, 2.24) is 14.8 Å². The minimum Gasteiger partial charge on any atom is -0.379 e. The first-order valence-electron chi connectivity index (χ1n) is 16.2. The fourth-order valence-corrected chi connectivity index (χ4v) is 6.17. The fourth-order valence-electron chi connectivity index (χ4n) is 6.17. The Morgan fingerprint density at radius 3 is 2.40 bits per heavy atom. The Kier molecular flexibility index (Phi) is 9.83. The Labute approximate surface area is 276 Å². The molecule has 0 aliphatic carbocycles. The molecule has 4 aromatic rings. The lowest BCUT2D eigenvalue weighted by atomic mass is 10.0. The molecular formula is C36H38F3N5O4. The molecular weight excluding hydrogens is 623 g/mol. The fraction of sp³-hybridized carbons (Fsp3) is 0.361. The van der Waals surface area contributed by atoms with Crippen molar-refractivity contribution in [2.45, 2.75) is 25.4 Å². The molecule has 0 saturated carbocycles. The van der Waals surface area contributed by atoms with E-state index in [9.17, 15) is 27.6 Å². The molecule has 2 aliphatic rings. The minimum absolute atomic E-state index is 0.100. The average molecular weight is 662 g/mol. The summed E-state index contributed by atoms with van der Waals surface area (Å²) in [6.07, 6.45) is -1.37. The van der Waals surface area contributed by atoms with Crippen LogP contribution in [0.5, 0.6) is 0 Å². The van der Waals surface area contributed by atoms with Crippen LogP contribution in [0, 0.1) is 0 Å². The van der Waals surface area contributed by atoms with Gasteiger partial charge in [0, 0.05) is 79.6 Å². The van der Waals surface area contributed by atoms with Crippen molar-refractivity contribution in [3.05, 3.63) is 94.7 Å². The number of nitrogens with one attached hydrogen (secondary N) is 2. The van der Waals surface area contributed by atoms with Crippen molar-refractivity contribution in [1.29, 1.82) is 0 Å². The van der Waals surface area contributed by atoms with Gasteiger partial charge in [-0.1, -0.05) is 12.1 Å². The highest BCUT2D eigenvalue weighted by atomic mass is 19.4. The lowest BCUT2D eigenvalue weighted by Crippen LogP contribution is -2.41. The number of hydrogen-bond acceptors (Lipinski definition) is 6. The lowest BCUT2D eigenvalue weighted by Gasteiger charge is -2.29. The summed E-state index contributed by atoms with van der Waals surface area (Å²) in [6, 6.07) is 16.5. The molecule has 3 aromatic carbocycles. The van der Waals surface area contributed by atoms with Gasteiger partial charge in [0.25, 0.3) is 11.8 Å². The van der Waals surface area contributed by atoms with Crippen molar-refractivity contribution in [2.75, 3.05) is 69.7 Å². The van der Waals surface area contributed by atoms with Gasteiger partial charge < -0.3 is 24.8 Å². The molecule has 9 nitrogen and oxygen atoms in total. The van der Waals surface area contributed by atoms with E-state index in [4.69, 9.17) is 4.74 Å². The molecule has 0 radical (unpaired) electrons. The number of hydrogen-bond donors (Lipinski definition) is 2. The SMILES string of the molecule is CN(CCN1CCOCC1)C(=O)c1cccc(C(=O)Nc2ccc(N3CCCCC3)cc2C(=O)c2cc3ccc(C(F)(F)F)cc3[nH]2)c1. The number of anilines is 2. The van der Waals surface area contributed by atoms with Gasteiger partial charge in [0.1, 0.15) is 0 Å². The number of H-pyrrole nitrogens is 1. The molecule has 2 aliphatic heterocycles. The van der Waals surface area contributed by atoms with E-state index < -0.39 is 23.4 Å². The second-order valence-electron chi connectivity index (χ2n) is 12.3. The van der Waals surface area contributed by atoms with Crippen LogP contribution in [0.1, 0.15) is 61.6 Å². The van der Waals surface area contributed by atoms with E-state index in [1.807, 2.05) is 6.07 Å². The van der Waals surface area contributed by atoms with Crippen molar-refractivity contribution in [2.24, 2.45) is 0 Å². The van der Waals surface area contributed by atoms with Crippen LogP contribution in [0.25, 0.3) is 10.9 Å². The largest absolute Gasteiger partial charge is 0.416 e. The topological polar surface area (TPSA) is 98.0 Å². The standard InChI is InChI=1S/C36H38F3N5O4/c1-42(14-15-43-16-18-48-19-17-43)35(47)26-7-5-6-25(20-26)34(46)41-30-11-10-28(44-12-3-2-4-13-44)23-29(30)33(45)32-21-24-8-9-27(36(37,38)39)22-31(24)40-32/h5-11,20-23,40H,2-4,12-19H2,1H3,(H,41,46). The summed E-state index contributed by atoms with van der Waals surface area (Å²) >= 11 is 0. The van der Waals surface area contributed by atoms with Gasteiger partial charge >= 0.3 is 6.18 Å². The van der Waals surface area contributed by atoms with Crippen LogP contribution in [0.15, 0.2) is 66.7 Å². The number of rotatable bonds is 9. The molecule has 48 heavy (non-hydrogen) atoms. The van der Waals surface area contributed by atoms with Crippen LogP contribution in [0.3, 0.4) is 0 Å². The molecule has 0 spiro atoms. The van der Waals surface area contributed by atoms with Crippen molar-refractivity contribution >= 4 is 39.9 Å². The number of piperidine rings is 1. The number of amides is 2. The van der Waals surface area contributed by atoms with E-state index in [1.165, 1.54) is 18.2 Å². The van der Waals surface area contributed by atoms with Crippen LogP contribution in [-0.2, 0) is 10.9 Å². The number of ketones is 1. The molecule has 6 rings (SSSR count). The van der Waals surface area contributed by atoms with Gasteiger partial charge in [0.05, 0.1) is 30.2 Å². The number of ether oxygens (including phenoxy) is 1. The molecule has 2 saturated heterocycles. The predicted molar refractivity (Wildman–Crippen MR) is 178 cm³/mol. The van der Waals surface area contributed by atoms with Crippen molar-refractivity contribution < 1.29 is 32.3 Å². The number of aromatic amines is 1. The van der Waals surface area contributed by atoms with Gasteiger partial charge in [-0.2, -0.15) is 13.2 Å². The van der Waals surface area contributed by atoms with Gasteiger partial charge in [-0.05, 0) is 73.9 Å². The maximum Gasteiger partial charge on any atom is 0.416 e. The molecule has 0 bridgehead atoms. The Morgan fingerprint density at radius 2 is 1.65 bits per heavy atom. The average Bonchev–Trinajstić information content (AvgIpc) is 3.54. The second kappa shape index (κ2) is 14.2. The smallest absolute Gasteiger partial charge is 0.379 e. The normalized spacial score (nSPS) is 15.8. The first-order chi connectivity index (χ1) is 23.1. The molecule has 0 atom stereocenters. The molecule has 12 heteroatoms. The summed E-state index contributed by atoms with van der Waals surface area (Å²) in [5.41, 5.74) is 1.33. The number of fused-ring (bicyclic) bond motifs is 1. The van der Waals surface area contributed by atoms with Crippen LogP contribution in [0.2, 0.25) is 0 Å². The van der Waals surface area contributed by atoms with E-state index in [0.29, 0.717) is 30.7 Å². The third-order valence-corrected chi connectivity index (χ3v) is 8.99. The first kappa shape index (κ1) is 33.2. The molecule has 2 fully saturated rings. The van der Waals surface area contributed by atoms with Crippen LogP contribution in [0.4, 0.5) is 24.5 Å². The van der Waals surface area contributed by atoms with E-state index in [0.717, 1.165) is 69.8 Å². The van der Waals surface area contributed by atoms with E-state index in [1.54, 1.807) is 42.3 Å². The number of aromatic nitrogens is 1. The number of halogens is 3. The highest BCUT2D eigenvalue weighted by Crippen LogP contribution is 2.33. The molecule has 2 amide bonds. The number of nitrogens with zero attached hydrogens (tertiary/aromatic N) is 3. The summed E-state index contributed by atoms with van der Waals surface area (Å²) in [7, 11) is 1.73. The zero-order valence-electron chi connectivity index (χ0n) is 26.7. The van der Waals surface area contributed by atoms with Gasteiger partial charge in [0.15, 0.2) is 0 Å². The molecule has 1 aromatic heterocycles. The summed E-state index contributed by atoms with van der Waals surface area (Å²) < 4.78 is 45.4. The highest BCUT2D eigenvalue weighted by Gasteiger charge is 2.31.